The third-order valence-corrected chi connectivity index (χ3v) is 20.1. The van der Waals surface area contributed by atoms with Crippen LogP contribution in [0.4, 0.5) is 0 Å². The van der Waals surface area contributed by atoms with E-state index in [1.165, 1.54) is 424 Å². The lowest BCUT2D eigenvalue weighted by Crippen LogP contribution is -2.45. The Morgan fingerprint density at radius 1 is 0.300 bits per heavy atom. The first kappa shape index (κ1) is 88.6. The summed E-state index contributed by atoms with van der Waals surface area (Å²) in [6.07, 6.45) is 102. The molecule has 0 rings (SSSR count). The van der Waals surface area contributed by atoms with E-state index in [1.54, 1.807) is 6.08 Å². The van der Waals surface area contributed by atoms with Crippen LogP contribution in [0, 0.1) is 0 Å². The molecule has 0 heterocycles. The molecule has 0 aromatic rings. The average Bonchev–Trinajstić information content (AvgIpc) is 3.58. The number of carbonyl (C=O) groups excluding carboxylic acids is 2. The summed E-state index contributed by atoms with van der Waals surface area (Å²) in [4.78, 5) is 24.7. The summed E-state index contributed by atoms with van der Waals surface area (Å²) in [5, 5.41) is 23.3. The molecular formula is C84H165NO5. The van der Waals surface area contributed by atoms with E-state index in [1.807, 2.05) is 6.08 Å². The van der Waals surface area contributed by atoms with Crippen molar-refractivity contribution in [2.75, 3.05) is 13.2 Å². The van der Waals surface area contributed by atoms with Gasteiger partial charge in [0.15, 0.2) is 0 Å². The molecule has 0 radical (unpaired) electrons. The van der Waals surface area contributed by atoms with Crippen LogP contribution >= 0.6 is 0 Å². The van der Waals surface area contributed by atoms with Crippen molar-refractivity contribution in [2.45, 2.75) is 501 Å². The van der Waals surface area contributed by atoms with E-state index in [9.17, 15) is 19.8 Å². The van der Waals surface area contributed by atoms with Crippen molar-refractivity contribution in [1.82, 2.24) is 5.32 Å². The van der Waals surface area contributed by atoms with Crippen molar-refractivity contribution in [1.29, 1.82) is 0 Å². The second kappa shape index (κ2) is 80.0. The summed E-state index contributed by atoms with van der Waals surface area (Å²) in [6, 6.07) is -0.624. The topological polar surface area (TPSA) is 95.9 Å². The first-order valence-corrected chi connectivity index (χ1v) is 42.0. The van der Waals surface area contributed by atoms with E-state index < -0.39 is 12.1 Å². The van der Waals surface area contributed by atoms with Crippen LogP contribution in [-0.2, 0) is 14.3 Å². The zero-order chi connectivity index (χ0) is 64.9. The van der Waals surface area contributed by atoms with Crippen molar-refractivity contribution in [3.05, 3.63) is 12.2 Å². The Kier molecular flexibility index (Phi) is 78.8. The summed E-state index contributed by atoms with van der Waals surface area (Å²) in [5.41, 5.74) is 0. The van der Waals surface area contributed by atoms with Crippen LogP contribution in [0.5, 0.6) is 0 Å². The van der Waals surface area contributed by atoms with Crippen LogP contribution in [-0.4, -0.2) is 47.4 Å². The van der Waals surface area contributed by atoms with Crippen molar-refractivity contribution >= 4 is 11.9 Å². The molecule has 0 fully saturated rings. The molecule has 0 bridgehead atoms. The summed E-state index contributed by atoms with van der Waals surface area (Å²) in [6.45, 7) is 4.97. The Morgan fingerprint density at radius 2 is 0.511 bits per heavy atom. The Bertz CT molecular complexity index is 1370. The van der Waals surface area contributed by atoms with Crippen molar-refractivity contribution in [2.24, 2.45) is 0 Å². The number of hydrogen-bond acceptors (Lipinski definition) is 5. The summed E-state index contributed by atoms with van der Waals surface area (Å²) >= 11 is 0. The Morgan fingerprint density at radius 3 is 0.756 bits per heavy atom. The fraction of sp³-hybridized carbons (Fsp3) is 0.952. The highest BCUT2D eigenvalue weighted by Gasteiger charge is 2.18. The van der Waals surface area contributed by atoms with Crippen LogP contribution in [0.3, 0.4) is 0 Å². The third kappa shape index (κ3) is 75.6. The van der Waals surface area contributed by atoms with E-state index in [0.717, 1.165) is 38.5 Å². The van der Waals surface area contributed by atoms with E-state index in [0.29, 0.717) is 19.4 Å². The normalized spacial score (nSPS) is 12.4. The van der Waals surface area contributed by atoms with Crippen LogP contribution in [0.1, 0.15) is 489 Å². The molecule has 0 spiro atoms. The predicted octanol–water partition coefficient (Wildman–Crippen LogP) is 27.8. The Balaban J connectivity index is 3.32. The Hall–Kier alpha value is -1.40. The number of ether oxygens (including phenoxy) is 1. The first-order valence-electron chi connectivity index (χ1n) is 42.0. The van der Waals surface area contributed by atoms with Gasteiger partial charge in [0.25, 0.3) is 0 Å². The van der Waals surface area contributed by atoms with Gasteiger partial charge in [0.05, 0.1) is 25.4 Å². The molecular weight excluding hydrogens is 1100 g/mol. The molecule has 536 valence electrons. The standard InChI is InChI=1S/C84H165NO5/c1-3-5-7-9-11-13-15-17-19-21-22-23-39-42-45-48-52-56-60-64-68-72-76-82(87)81(80-86)85-83(88)77-73-69-65-61-57-53-49-46-43-40-37-35-33-31-29-27-25-24-26-28-30-32-34-36-38-41-44-47-51-55-59-63-67-71-75-79-90-84(89)78-74-70-66-62-58-54-50-20-18-16-14-12-10-8-6-4-2/h72,76,81-82,86-87H,3-71,73-75,77-80H2,1-2H3,(H,85,88)/b76-72+. The summed E-state index contributed by atoms with van der Waals surface area (Å²) < 4.78 is 5.52. The molecule has 0 aliphatic carbocycles. The minimum Gasteiger partial charge on any atom is -0.466 e. The lowest BCUT2D eigenvalue weighted by Gasteiger charge is -2.20. The molecule has 0 saturated heterocycles. The van der Waals surface area contributed by atoms with E-state index in [2.05, 4.69) is 19.2 Å². The number of aliphatic hydroxyl groups is 2. The second-order valence-corrected chi connectivity index (χ2v) is 29.2. The van der Waals surface area contributed by atoms with E-state index in [-0.39, 0.29) is 18.5 Å². The van der Waals surface area contributed by atoms with Crippen molar-refractivity contribution < 1.29 is 24.5 Å². The maximum absolute atomic E-state index is 12.6. The fourth-order valence-electron chi connectivity index (χ4n) is 13.7. The molecule has 90 heavy (non-hydrogen) atoms. The smallest absolute Gasteiger partial charge is 0.305 e. The Labute approximate surface area is 565 Å². The van der Waals surface area contributed by atoms with Crippen molar-refractivity contribution in [3.63, 3.8) is 0 Å². The number of hydrogen-bond donors (Lipinski definition) is 3. The molecule has 2 unspecified atom stereocenters. The number of nitrogens with one attached hydrogen (secondary N) is 1. The second-order valence-electron chi connectivity index (χ2n) is 29.2. The lowest BCUT2D eigenvalue weighted by atomic mass is 10.0. The molecule has 1 amide bonds. The molecule has 2 atom stereocenters. The molecule has 6 nitrogen and oxygen atoms in total. The quantitative estimate of drug-likeness (QED) is 0.0320. The van der Waals surface area contributed by atoms with Gasteiger partial charge in [-0.25, -0.2) is 0 Å². The fourth-order valence-corrected chi connectivity index (χ4v) is 13.7. The van der Waals surface area contributed by atoms with Gasteiger partial charge in [0, 0.05) is 12.8 Å². The van der Waals surface area contributed by atoms with Gasteiger partial charge >= 0.3 is 5.97 Å². The van der Waals surface area contributed by atoms with E-state index in [4.69, 9.17) is 4.74 Å². The number of rotatable bonds is 80. The zero-order valence-electron chi connectivity index (χ0n) is 61.7. The minimum atomic E-state index is -0.841. The van der Waals surface area contributed by atoms with Gasteiger partial charge in [-0.3, -0.25) is 9.59 Å². The maximum Gasteiger partial charge on any atom is 0.305 e. The predicted molar refractivity (Wildman–Crippen MR) is 398 cm³/mol. The number of aliphatic hydroxyl groups excluding tert-OH is 2. The molecule has 3 N–H and O–H groups in total. The average molecular weight is 1270 g/mol. The van der Waals surface area contributed by atoms with Crippen molar-refractivity contribution in [3.8, 4) is 0 Å². The number of unbranched alkanes of at least 4 members (excludes halogenated alkanes) is 69. The van der Waals surface area contributed by atoms with Gasteiger partial charge in [-0.15, -0.1) is 0 Å². The molecule has 0 aromatic carbocycles. The summed E-state index contributed by atoms with van der Waals surface area (Å²) in [5.74, 6) is -0.0297. The molecule has 0 aliphatic heterocycles. The van der Waals surface area contributed by atoms with Gasteiger partial charge in [0.1, 0.15) is 0 Å². The van der Waals surface area contributed by atoms with Gasteiger partial charge in [-0.2, -0.15) is 0 Å². The largest absolute Gasteiger partial charge is 0.466 e. The minimum absolute atomic E-state index is 0.0272. The lowest BCUT2D eigenvalue weighted by molar-refractivity contribution is -0.143. The van der Waals surface area contributed by atoms with Gasteiger partial charge in [-0.1, -0.05) is 456 Å². The van der Waals surface area contributed by atoms with E-state index >= 15 is 0 Å². The molecule has 0 aliphatic rings. The van der Waals surface area contributed by atoms with Crippen LogP contribution < -0.4 is 5.32 Å². The number of esters is 1. The molecule has 0 saturated carbocycles. The van der Waals surface area contributed by atoms with Crippen LogP contribution in [0.15, 0.2) is 12.2 Å². The summed E-state index contributed by atoms with van der Waals surface area (Å²) in [7, 11) is 0. The SMILES string of the molecule is CCCCCCCCCCCCCCCCCCCCCC/C=C/C(O)C(CO)NC(=O)CCCCCCCCCCCCCCCCCCCCCCCCCCCCCCCCCCCCCOC(=O)CCCCCCCCCCCCCCCCCC. The zero-order valence-corrected chi connectivity index (χ0v) is 61.7. The van der Waals surface area contributed by atoms with Crippen LogP contribution in [0.2, 0.25) is 0 Å². The maximum atomic E-state index is 12.6. The third-order valence-electron chi connectivity index (χ3n) is 20.1. The monoisotopic (exact) mass is 1270 g/mol. The van der Waals surface area contributed by atoms with Gasteiger partial charge < -0.3 is 20.3 Å². The van der Waals surface area contributed by atoms with Gasteiger partial charge in [0.2, 0.25) is 5.91 Å². The highest BCUT2D eigenvalue weighted by Crippen LogP contribution is 2.21. The molecule has 0 aromatic heterocycles. The van der Waals surface area contributed by atoms with Crippen LogP contribution in [0.25, 0.3) is 0 Å². The number of amides is 1. The highest BCUT2D eigenvalue weighted by molar-refractivity contribution is 5.76. The highest BCUT2D eigenvalue weighted by atomic mass is 16.5. The number of allylic oxidation sites excluding steroid dienone is 1. The first-order chi connectivity index (χ1) is 44.5. The molecule has 6 heteroatoms. The van der Waals surface area contributed by atoms with Gasteiger partial charge in [-0.05, 0) is 32.1 Å². The number of carbonyl (C=O) groups is 2.